The summed E-state index contributed by atoms with van der Waals surface area (Å²) in [5.41, 5.74) is 2.91. The number of para-hydroxylation sites is 1. The number of aromatic nitrogens is 3. The van der Waals surface area contributed by atoms with Crippen LogP contribution in [-0.2, 0) is 6.42 Å². The number of hydrogen-bond acceptors (Lipinski definition) is 6. The van der Waals surface area contributed by atoms with Crippen molar-refractivity contribution in [3.63, 3.8) is 0 Å². The molecule has 0 atom stereocenters. The van der Waals surface area contributed by atoms with Gasteiger partial charge in [-0.1, -0.05) is 29.5 Å². The summed E-state index contributed by atoms with van der Waals surface area (Å²) < 4.78 is 13.3. The van der Waals surface area contributed by atoms with E-state index >= 15 is 0 Å². The van der Waals surface area contributed by atoms with Crippen LogP contribution < -0.4 is 5.32 Å². The molecular formula is C18H13FN4S2. The molecule has 0 spiro atoms. The molecule has 7 heteroatoms. The van der Waals surface area contributed by atoms with Gasteiger partial charge in [-0.3, -0.25) is 0 Å². The van der Waals surface area contributed by atoms with Gasteiger partial charge in [0, 0.05) is 28.7 Å². The third-order valence-corrected chi connectivity index (χ3v) is 5.37. The number of rotatable bonds is 5. The van der Waals surface area contributed by atoms with Crippen molar-refractivity contribution in [3.8, 4) is 10.6 Å². The lowest BCUT2D eigenvalue weighted by molar-refractivity contribution is 0.582. The second-order valence-corrected chi connectivity index (χ2v) is 7.30. The summed E-state index contributed by atoms with van der Waals surface area (Å²) in [4.78, 5) is 4.73. The van der Waals surface area contributed by atoms with Crippen molar-refractivity contribution in [3.05, 3.63) is 76.5 Å². The number of halogens is 1. The lowest BCUT2D eigenvalue weighted by Gasteiger charge is -2.02. The van der Waals surface area contributed by atoms with E-state index in [0.717, 1.165) is 31.8 Å². The largest absolute Gasteiger partial charge is 0.330 e. The van der Waals surface area contributed by atoms with E-state index in [1.54, 1.807) is 11.3 Å². The first-order valence-corrected chi connectivity index (χ1v) is 9.30. The summed E-state index contributed by atoms with van der Waals surface area (Å²) in [6, 6.07) is 15.2. The molecule has 4 rings (SSSR count). The SMILES string of the molecule is Fc1cc(Cc2sccc2-c2nnc(Nc3ccccc3)s2)ccn1. The topological polar surface area (TPSA) is 50.7 Å². The van der Waals surface area contributed by atoms with Crippen molar-refractivity contribution < 1.29 is 4.39 Å². The Hall–Kier alpha value is -2.64. The Morgan fingerprint density at radius 3 is 2.76 bits per heavy atom. The van der Waals surface area contributed by atoms with Crippen LogP contribution in [0.15, 0.2) is 60.1 Å². The normalized spacial score (nSPS) is 10.8. The summed E-state index contributed by atoms with van der Waals surface area (Å²) in [6.07, 6.45) is 2.14. The first-order valence-electron chi connectivity index (χ1n) is 7.61. The number of anilines is 2. The lowest BCUT2D eigenvalue weighted by atomic mass is 10.1. The van der Waals surface area contributed by atoms with Crippen LogP contribution in [0.25, 0.3) is 10.6 Å². The average molecular weight is 368 g/mol. The van der Waals surface area contributed by atoms with Gasteiger partial charge in [0.1, 0.15) is 0 Å². The van der Waals surface area contributed by atoms with Gasteiger partial charge >= 0.3 is 0 Å². The number of thiophene rings is 1. The van der Waals surface area contributed by atoms with E-state index in [0.29, 0.717) is 6.42 Å². The molecule has 0 aliphatic carbocycles. The van der Waals surface area contributed by atoms with Crippen LogP contribution in [-0.4, -0.2) is 15.2 Å². The van der Waals surface area contributed by atoms with Crippen LogP contribution in [0.4, 0.5) is 15.2 Å². The zero-order chi connectivity index (χ0) is 17.1. The Labute approximate surface area is 152 Å². The number of benzene rings is 1. The minimum Gasteiger partial charge on any atom is -0.330 e. The highest BCUT2D eigenvalue weighted by Crippen LogP contribution is 2.34. The molecule has 0 amide bonds. The van der Waals surface area contributed by atoms with Crippen LogP contribution in [0.5, 0.6) is 0 Å². The predicted molar refractivity (Wildman–Crippen MR) is 99.9 cm³/mol. The minimum atomic E-state index is -0.458. The molecule has 124 valence electrons. The van der Waals surface area contributed by atoms with Gasteiger partial charge in [-0.15, -0.1) is 21.5 Å². The van der Waals surface area contributed by atoms with Gasteiger partial charge in [0.25, 0.3) is 0 Å². The van der Waals surface area contributed by atoms with Gasteiger partial charge in [0.2, 0.25) is 11.1 Å². The Morgan fingerprint density at radius 2 is 1.92 bits per heavy atom. The summed E-state index contributed by atoms with van der Waals surface area (Å²) in [7, 11) is 0. The molecule has 4 nitrogen and oxygen atoms in total. The van der Waals surface area contributed by atoms with Crippen molar-refractivity contribution in [2.24, 2.45) is 0 Å². The molecule has 3 heterocycles. The second kappa shape index (κ2) is 7.08. The van der Waals surface area contributed by atoms with Crippen LogP contribution in [0.3, 0.4) is 0 Å². The highest BCUT2D eigenvalue weighted by Gasteiger charge is 2.13. The first-order chi connectivity index (χ1) is 12.3. The van der Waals surface area contributed by atoms with Gasteiger partial charge in [-0.05, 0) is 41.3 Å². The fourth-order valence-electron chi connectivity index (χ4n) is 2.43. The molecule has 1 N–H and O–H groups in total. The summed E-state index contributed by atoms with van der Waals surface area (Å²) >= 11 is 3.13. The number of nitrogens with zero attached hydrogens (tertiary/aromatic N) is 3. The van der Waals surface area contributed by atoms with E-state index in [1.165, 1.54) is 23.6 Å². The third-order valence-electron chi connectivity index (χ3n) is 3.58. The number of pyridine rings is 1. The van der Waals surface area contributed by atoms with Crippen molar-refractivity contribution >= 4 is 33.5 Å². The Kier molecular flexibility index (Phi) is 4.49. The van der Waals surface area contributed by atoms with Gasteiger partial charge in [0.05, 0.1) is 0 Å². The fourth-order valence-corrected chi connectivity index (χ4v) is 4.22. The molecular weight excluding hydrogens is 355 g/mol. The van der Waals surface area contributed by atoms with E-state index in [1.807, 2.05) is 47.8 Å². The summed E-state index contributed by atoms with van der Waals surface area (Å²) in [5.74, 6) is -0.458. The molecule has 25 heavy (non-hydrogen) atoms. The average Bonchev–Trinajstić information content (AvgIpc) is 3.25. The smallest absolute Gasteiger partial charge is 0.213 e. The highest BCUT2D eigenvalue weighted by molar-refractivity contribution is 7.19. The monoisotopic (exact) mass is 368 g/mol. The van der Waals surface area contributed by atoms with Crippen LogP contribution in [0.2, 0.25) is 0 Å². The lowest BCUT2D eigenvalue weighted by Crippen LogP contribution is -1.90. The Balaban J connectivity index is 1.56. The van der Waals surface area contributed by atoms with Gasteiger partial charge in [-0.2, -0.15) is 4.39 Å². The molecule has 0 radical (unpaired) electrons. The molecule has 0 bridgehead atoms. The van der Waals surface area contributed by atoms with Crippen molar-refractivity contribution in [1.29, 1.82) is 0 Å². The standard InChI is InChI=1S/C18H13FN4S2/c19-16-11-12(6-8-20-16)10-15-14(7-9-24-15)17-22-23-18(25-17)21-13-4-2-1-3-5-13/h1-9,11H,10H2,(H,21,23). The van der Waals surface area contributed by atoms with Crippen molar-refractivity contribution in [1.82, 2.24) is 15.2 Å². The molecule has 0 aliphatic rings. The van der Waals surface area contributed by atoms with E-state index < -0.39 is 5.95 Å². The fraction of sp³-hybridized carbons (Fsp3) is 0.0556. The number of hydrogen-bond donors (Lipinski definition) is 1. The summed E-state index contributed by atoms with van der Waals surface area (Å²) in [5, 5.41) is 15.4. The van der Waals surface area contributed by atoms with Crippen molar-refractivity contribution in [2.45, 2.75) is 6.42 Å². The molecule has 0 aliphatic heterocycles. The first kappa shape index (κ1) is 15.9. The molecule has 0 saturated carbocycles. The van der Waals surface area contributed by atoms with Gasteiger partial charge in [-0.25, -0.2) is 4.98 Å². The predicted octanol–water partition coefficient (Wildman–Crippen LogP) is 5.14. The maximum absolute atomic E-state index is 13.3. The maximum Gasteiger partial charge on any atom is 0.213 e. The Morgan fingerprint density at radius 1 is 1.04 bits per heavy atom. The van der Waals surface area contributed by atoms with E-state index in [9.17, 15) is 4.39 Å². The molecule has 0 saturated heterocycles. The van der Waals surface area contributed by atoms with Crippen molar-refractivity contribution in [2.75, 3.05) is 5.32 Å². The molecule has 3 aromatic heterocycles. The van der Waals surface area contributed by atoms with E-state index in [4.69, 9.17) is 0 Å². The van der Waals surface area contributed by atoms with E-state index in [2.05, 4.69) is 20.5 Å². The van der Waals surface area contributed by atoms with Crippen LogP contribution in [0, 0.1) is 5.95 Å². The Bertz CT molecular complexity index is 981. The molecule has 0 unspecified atom stereocenters. The highest BCUT2D eigenvalue weighted by atomic mass is 32.1. The molecule has 4 aromatic rings. The zero-order valence-electron chi connectivity index (χ0n) is 13.0. The van der Waals surface area contributed by atoms with E-state index in [-0.39, 0.29) is 0 Å². The molecule has 0 fully saturated rings. The number of nitrogens with one attached hydrogen (secondary N) is 1. The third kappa shape index (κ3) is 3.72. The summed E-state index contributed by atoms with van der Waals surface area (Å²) in [6.45, 7) is 0. The van der Waals surface area contributed by atoms with Gasteiger partial charge in [0.15, 0.2) is 5.01 Å². The second-order valence-electron chi connectivity index (χ2n) is 5.32. The molecule has 1 aromatic carbocycles. The van der Waals surface area contributed by atoms with Crippen LogP contribution >= 0.6 is 22.7 Å². The maximum atomic E-state index is 13.3. The quantitative estimate of drug-likeness (QED) is 0.496. The zero-order valence-corrected chi connectivity index (χ0v) is 14.6. The van der Waals surface area contributed by atoms with Crippen LogP contribution in [0.1, 0.15) is 10.4 Å². The minimum absolute atomic E-state index is 0.458. The van der Waals surface area contributed by atoms with Gasteiger partial charge < -0.3 is 5.32 Å².